The van der Waals surface area contributed by atoms with E-state index >= 15 is 0 Å². The first-order valence-electron chi connectivity index (χ1n) is 8.22. The fraction of sp³-hybridized carbons (Fsp3) is 0.150. The van der Waals surface area contributed by atoms with Crippen LogP contribution in [0.4, 0.5) is 0 Å². The number of esters is 1. The number of benzene rings is 2. The summed E-state index contributed by atoms with van der Waals surface area (Å²) in [6.07, 6.45) is 1.88. The van der Waals surface area contributed by atoms with E-state index in [2.05, 4.69) is 4.74 Å². The molecule has 1 aliphatic rings. The van der Waals surface area contributed by atoms with Crippen LogP contribution in [0, 0.1) is 0 Å². The van der Waals surface area contributed by atoms with Crippen molar-refractivity contribution in [1.29, 1.82) is 0 Å². The second-order valence-electron chi connectivity index (χ2n) is 5.65. The van der Waals surface area contributed by atoms with E-state index < -0.39 is 0 Å². The molecule has 1 aliphatic heterocycles. The first-order valence-corrected chi connectivity index (χ1v) is 9.44. The zero-order valence-corrected chi connectivity index (χ0v) is 16.2. The van der Waals surface area contributed by atoms with Crippen molar-refractivity contribution in [3.63, 3.8) is 0 Å². The molecule has 3 rings (SSSR count). The Balaban J connectivity index is 1.73. The van der Waals surface area contributed by atoms with Gasteiger partial charge in [-0.2, -0.15) is 0 Å². The molecule has 0 saturated carbocycles. The maximum Gasteiger partial charge on any atom is 0.307 e. The Bertz CT molecular complexity index is 896. The second-order valence-corrected chi connectivity index (χ2v) is 7.32. The van der Waals surface area contributed by atoms with Crippen LogP contribution in [-0.2, 0) is 14.3 Å². The normalized spacial score (nSPS) is 15.3. The van der Waals surface area contributed by atoms with Crippen molar-refractivity contribution in [3.8, 4) is 11.5 Å². The van der Waals surface area contributed by atoms with Crippen LogP contribution in [0.2, 0.25) is 0 Å². The number of thioether (sulfide) groups is 1. The molecular formula is C20H17NO4S2. The standard InChI is InChI=1S/C20H17NO4S2/c1-24-18(22)10-11-21-19(23)17(27-20(21)26)13-14-6-5-9-16(12-14)25-15-7-3-2-4-8-15/h2-9,12-13H,10-11H2,1H3/b17-13+. The van der Waals surface area contributed by atoms with Crippen molar-refractivity contribution in [2.45, 2.75) is 6.42 Å². The third-order valence-corrected chi connectivity index (χ3v) is 5.15. The van der Waals surface area contributed by atoms with Crippen molar-refractivity contribution in [3.05, 3.63) is 65.1 Å². The number of hydrogen-bond donors (Lipinski definition) is 0. The molecule has 0 radical (unpaired) electrons. The quantitative estimate of drug-likeness (QED) is 0.411. The molecule has 1 saturated heterocycles. The fourth-order valence-corrected chi connectivity index (χ4v) is 3.75. The van der Waals surface area contributed by atoms with Gasteiger partial charge in [-0.25, -0.2) is 0 Å². The number of amides is 1. The first kappa shape index (κ1) is 19.1. The average molecular weight is 399 g/mol. The zero-order valence-electron chi connectivity index (χ0n) is 14.6. The summed E-state index contributed by atoms with van der Waals surface area (Å²) in [7, 11) is 1.32. The van der Waals surface area contributed by atoms with Gasteiger partial charge in [0.05, 0.1) is 18.4 Å². The van der Waals surface area contributed by atoms with Crippen LogP contribution in [0.25, 0.3) is 6.08 Å². The Hall–Kier alpha value is -2.64. The van der Waals surface area contributed by atoms with Crippen molar-refractivity contribution in [2.75, 3.05) is 13.7 Å². The van der Waals surface area contributed by atoms with Crippen LogP contribution >= 0.6 is 24.0 Å². The number of ether oxygens (including phenoxy) is 2. The Morgan fingerprint density at radius 1 is 1.15 bits per heavy atom. The predicted octanol–water partition coefficient (Wildman–Crippen LogP) is 4.24. The minimum atomic E-state index is -0.376. The molecule has 0 aromatic heterocycles. The number of thiocarbonyl (C=S) groups is 1. The van der Waals surface area contributed by atoms with Gasteiger partial charge in [0.15, 0.2) is 0 Å². The smallest absolute Gasteiger partial charge is 0.307 e. The number of carbonyl (C=O) groups is 2. The van der Waals surface area contributed by atoms with Gasteiger partial charge in [-0.05, 0) is 35.9 Å². The Labute approximate surface area is 167 Å². The van der Waals surface area contributed by atoms with Gasteiger partial charge < -0.3 is 9.47 Å². The predicted molar refractivity (Wildman–Crippen MR) is 109 cm³/mol. The molecule has 0 bridgehead atoms. The first-order chi connectivity index (χ1) is 13.1. The molecule has 0 unspecified atom stereocenters. The van der Waals surface area contributed by atoms with E-state index in [1.807, 2.05) is 54.6 Å². The lowest BCUT2D eigenvalue weighted by Crippen LogP contribution is -2.30. The molecule has 7 heteroatoms. The average Bonchev–Trinajstić information content (AvgIpc) is 2.94. The van der Waals surface area contributed by atoms with Gasteiger partial charge in [-0.3, -0.25) is 14.5 Å². The molecule has 27 heavy (non-hydrogen) atoms. The number of methoxy groups -OCH3 is 1. The minimum Gasteiger partial charge on any atom is -0.469 e. The number of hydrogen-bond acceptors (Lipinski definition) is 6. The molecule has 0 N–H and O–H groups in total. The van der Waals surface area contributed by atoms with Crippen LogP contribution in [0.3, 0.4) is 0 Å². The van der Waals surface area contributed by atoms with Crippen molar-refractivity contribution in [2.24, 2.45) is 0 Å². The minimum absolute atomic E-state index is 0.108. The van der Waals surface area contributed by atoms with E-state index in [1.165, 1.54) is 23.8 Å². The van der Waals surface area contributed by atoms with E-state index in [0.717, 1.165) is 11.3 Å². The van der Waals surface area contributed by atoms with Gasteiger partial charge in [-0.15, -0.1) is 0 Å². The summed E-state index contributed by atoms with van der Waals surface area (Å²) in [6.45, 7) is 0.214. The van der Waals surface area contributed by atoms with Gasteiger partial charge in [0.25, 0.3) is 5.91 Å². The molecule has 1 heterocycles. The third-order valence-electron chi connectivity index (χ3n) is 3.78. The summed E-state index contributed by atoms with van der Waals surface area (Å²) in [5, 5.41) is 0. The lowest BCUT2D eigenvalue weighted by Gasteiger charge is -2.12. The largest absolute Gasteiger partial charge is 0.469 e. The van der Waals surface area contributed by atoms with E-state index in [4.69, 9.17) is 17.0 Å². The van der Waals surface area contributed by atoms with E-state index in [0.29, 0.717) is 15.0 Å². The fourth-order valence-electron chi connectivity index (χ4n) is 2.44. The Morgan fingerprint density at radius 3 is 2.63 bits per heavy atom. The topological polar surface area (TPSA) is 55.8 Å². The van der Waals surface area contributed by atoms with E-state index in [1.54, 1.807) is 6.08 Å². The monoisotopic (exact) mass is 399 g/mol. The van der Waals surface area contributed by atoms with E-state index in [9.17, 15) is 9.59 Å². The summed E-state index contributed by atoms with van der Waals surface area (Å²) < 4.78 is 10.9. The van der Waals surface area contributed by atoms with Crippen LogP contribution in [0.15, 0.2) is 59.5 Å². The molecule has 0 aliphatic carbocycles. The Kier molecular flexibility index (Phi) is 6.26. The molecule has 1 fully saturated rings. The highest BCUT2D eigenvalue weighted by molar-refractivity contribution is 8.26. The van der Waals surface area contributed by atoms with E-state index in [-0.39, 0.29) is 24.8 Å². The SMILES string of the molecule is COC(=O)CCN1C(=O)/C(=C\c2cccc(Oc3ccccc3)c2)SC1=S. The van der Waals surface area contributed by atoms with Crippen molar-refractivity contribution in [1.82, 2.24) is 4.90 Å². The summed E-state index contributed by atoms with van der Waals surface area (Å²) in [5.41, 5.74) is 0.830. The van der Waals surface area contributed by atoms with Gasteiger partial charge in [0.2, 0.25) is 0 Å². The van der Waals surface area contributed by atoms with Crippen LogP contribution in [-0.4, -0.2) is 34.8 Å². The molecular weight excluding hydrogens is 382 g/mol. The zero-order chi connectivity index (χ0) is 19.2. The molecule has 2 aromatic carbocycles. The van der Waals surface area contributed by atoms with Gasteiger partial charge in [-0.1, -0.05) is 54.3 Å². The number of para-hydroxylation sites is 1. The summed E-state index contributed by atoms with van der Waals surface area (Å²) in [4.78, 5) is 25.8. The van der Waals surface area contributed by atoms with Crippen molar-refractivity contribution < 1.29 is 19.1 Å². The summed E-state index contributed by atoms with van der Waals surface area (Å²) in [5.74, 6) is 0.835. The molecule has 5 nitrogen and oxygen atoms in total. The lowest BCUT2D eigenvalue weighted by molar-refractivity contribution is -0.140. The highest BCUT2D eigenvalue weighted by atomic mass is 32.2. The van der Waals surface area contributed by atoms with Crippen molar-refractivity contribution >= 4 is 46.3 Å². The second kappa shape index (κ2) is 8.83. The van der Waals surface area contributed by atoms with Crippen LogP contribution in [0.5, 0.6) is 11.5 Å². The maximum absolute atomic E-state index is 12.6. The molecule has 0 spiro atoms. The number of rotatable bonds is 6. The summed E-state index contributed by atoms with van der Waals surface area (Å²) in [6, 6.07) is 16.9. The molecule has 1 amide bonds. The lowest BCUT2D eigenvalue weighted by atomic mass is 10.2. The molecule has 138 valence electrons. The summed E-state index contributed by atoms with van der Waals surface area (Å²) >= 11 is 6.48. The molecule has 2 aromatic rings. The highest BCUT2D eigenvalue weighted by Gasteiger charge is 2.32. The number of nitrogens with zero attached hydrogens (tertiary/aromatic N) is 1. The van der Waals surface area contributed by atoms with Gasteiger partial charge in [0.1, 0.15) is 15.8 Å². The Morgan fingerprint density at radius 2 is 1.89 bits per heavy atom. The number of carbonyl (C=O) groups excluding carboxylic acids is 2. The van der Waals surface area contributed by atoms with Crippen LogP contribution in [0.1, 0.15) is 12.0 Å². The molecule has 0 atom stereocenters. The third kappa shape index (κ3) is 4.96. The van der Waals surface area contributed by atoms with Gasteiger partial charge >= 0.3 is 5.97 Å². The van der Waals surface area contributed by atoms with Gasteiger partial charge in [0, 0.05) is 6.54 Å². The maximum atomic E-state index is 12.6. The van der Waals surface area contributed by atoms with Crippen LogP contribution < -0.4 is 4.74 Å². The highest BCUT2D eigenvalue weighted by Crippen LogP contribution is 2.33.